The highest BCUT2D eigenvalue weighted by atomic mass is 14.9. The zero-order valence-electron chi connectivity index (χ0n) is 7.13. The monoisotopic (exact) mass is 151 g/mol. The van der Waals surface area contributed by atoms with Gasteiger partial charge in [-0.05, 0) is 20.8 Å². The smallest absolute Gasteiger partial charge is 0.0808 e. The lowest BCUT2D eigenvalue weighted by Crippen LogP contribution is -2.31. The van der Waals surface area contributed by atoms with Gasteiger partial charge in [0.05, 0.1) is 16.9 Å². The molecule has 0 radical (unpaired) electrons. The molecular weight excluding hydrogens is 138 g/mol. The first-order valence-electron chi connectivity index (χ1n) is 3.59. The second kappa shape index (κ2) is 2.58. The van der Waals surface area contributed by atoms with Crippen molar-refractivity contribution in [1.29, 1.82) is 0 Å². The fourth-order valence-electron chi connectivity index (χ4n) is 1.04. The third-order valence-electron chi connectivity index (χ3n) is 1.49. The fraction of sp³-hybridized carbons (Fsp3) is 0.500. The number of hydrogen-bond acceptors (Lipinski definition) is 3. The summed E-state index contributed by atoms with van der Waals surface area (Å²) in [7, 11) is 0. The van der Waals surface area contributed by atoms with Crippen LogP contribution in [0.1, 0.15) is 25.2 Å². The number of rotatable bonds is 1. The molecule has 0 amide bonds. The SMILES string of the molecule is Cc1nccnc1C(C)(C)N. The largest absolute Gasteiger partial charge is 0.321 e. The van der Waals surface area contributed by atoms with Gasteiger partial charge in [-0.25, -0.2) is 0 Å². The second-order valence-corrected chi connectivity index (χ2v) is 3.21. The highest BCUT2D eigenvalue weighted by Crippen LogP contribution is 2.15. The number of hydrogen-bond donors (Lipinski definition) is 1. The van der Waals surface area contributed by atoms with Crippen molar-refractivity contribution in [2.75, 3.05) is 0 Å². The third-order valence-corrected chi connectivity index (χ3v) is 1.49. The molecule has 2 N–H and O–H groups in total. The lowest BCUT2D eigenvalue weighted by atomic mass is 10.0. The molecule has 3 nitrogen and oxygen atoms in total. The highest BCUT2D eigenvalue weighted by Gasteiger charge is 2.18. The molecule has 1 rings (SSSR count). The molecule has 0 aliphatic rings. The molecule has 1 heterocycles. The molecule has 0 spiro atoms. The predicted molar refractivity (Wildman–Crippen MR) is 44.0 cm³/mol. The van der Waals surface area contributed by atoms with Crippen LogP contribution >= 0.6 is 0 Å². The molecule has 11 heavy (non-hydrogen) atoms. The topological polar surface area (TPSA) is 51.8 Å². The van der Waals surface area contributed by atoms with E-state index in [0.29, 0.717) is 0 Å². The van der Waals surface area contributed by atoms with Gasteiger partial charge in [-0.1, -0.05) is 0 Å². The van der Waals surface area contributed by atoms with Crippen LogP contribution in [0.4, 0.5) is 0 Å². The van der Waals surface area contributed by atoms with Crippen LogP contribution in [0, 0.1) is 6.92 Å². The van der Waals surface area contributed by atoms with Gasteiger partial charge in [-0.3, -0.25) is 9.97 Å². The Morgan fingerprint density at radius 1 is 1.27 bits per heavy atom. The van der Waals surface area contributed by atoms with E-state index in [4.69, 9.17) is 5.73 Å². The summed E-state index contributed by atoms with van der Waals surface area (Å²) in [5, 5.41) is 0. The van der Waals surface area contributed by atoms with Gasteiger partial charge in [0.15, 0.2) is 0 Å². The van der Waals surface area contributed by atoms with Gasteiger partial charge >= 0.3 is 0 Å². The summed E-state index contributed by atoms with van der Waals surface area (Å²) in [6.45, 7) is 5.75. The van der Waals surface area contributed by atoms with E-state index >= 15 is 0 Å². The minimum Gasteiger partial charge on any atom is -0.321 e. The van der Waals surface area contributed by atoms with Crippen LogP contribution in [0.3, 0.4) is 0 Å². The van der Waals surface area contributed by atoms with Crippen molar-refractivity contribution >= 4 is 0 Å². The Bertz CT molecular complexity index is 250. The van der Waals surface area contributed by atoms with Crippen LogP contribution in [-0.4, -0.2) is 9.97 Å². The first-order chi connectivity index (χ1) is 5.02. The van der Waals surface area contributed by atoms with Crippen molar-refractivity contribution < 1.29 is 0 Å². The fourth-order valence-corrected chi connectivity index (χ4v) is 1.04. The molecule has 0 bridgehead atoms. The van der Waals surface area contributed by atoms with E-state index in [1.807, 2.05) is 20.8 Å². The van der Waals surface area contributed by atoms with Gasteiger partial charge in [0.25, 0.3) is 0 Å². The van der Waals surface area contributed by atoms with E-state index in [-0.39, 0.29) is 0 Å². The van der Waals surface area contributed by atoms with Crippen molar-refractivity contribution in [1.82, 2.24) is 9.97 Å². The Kier molecular flexibility index (Phi) is 1.91. The van der Waals surface area contributed by atoms with E-state index in [0.717, 1.165) is 11.4 Å². The van der Waals surface area contributed by atoms with E-state index < -0.39 is 5.54 Å². The lowest BCUT2D eigenvalue weighted by molar-refractivity contribution is 0.527. The molecule has 0 aliphatic heterocycles. The Balaban J connectivity index is 3.14. The van der Waals surface area contributed by atoms with Crippen molar-refractivity contribution in [3.05, 3.63) is 23.8 Å². The van der Waals surface area contributed by atoms with Crippen LogP contribution in [0.2, 0.25) is 0 Å². The maximum atomic E-state index is 5.86. The average Bonchev–Trinajstić information content (AvgIpc) is 1.86. The number of nitrogens with two attached hydrogens (primary N) is 1. The van der Waals surface area contributed by atoms with Gasteiger partial charge in [0, 0.05) is 12.4 Å². The maximum absolute atomic E-state index is 5.86. The molecule has 0 saturated carbocycles. The van der Waals surface area contributed by atoms with Gasteiger partial charge in [0.2, 0.25) is 0 Å². The number of nitrogens with zero attached hydrogens (tertiary/aromatic N) is 2. The van der Waals surface area contributed by atoms with E-state index in [9.17, 15) is 0 Å². The van der Waals surface area contributed by atoms with E-state index in [2.05, 4.69) is 9.97 Å². The Labute approximate surface area is 66.7 Å². The van der Waals surface area contributed by atoms with Gasteiger partial charge in [-0.2, -0.15) is 0 Å². The van der Waals surface area contributed by atoms with Crippen LogP contribution in [0.25, 0.3) is 0 Å². The lowest BCUT2D eigenvalue weighted by Gasteiger charge is -2.18. The zero-order chi connectivity index (χ0) is 8.48. The Morgan fingerprint density at radius 3 is 2.18 bits per heavy atom. The van der Waals surface area contributed by atoms with Gasteiger partial charge < -0.3 is 5.73 Å². The molecule has 0 unspecified atom stereocenters. The van der Waals surface area contributed by atoms with Crippen LogP contribution in [0.15, 0.2) is 12.4 Å². The van der Waals surface area contributed by atoms with Crippen molar-refractivity contribution in [3.8, 4) is 0 Å². The Morgan fingerprint density at radius 2 is 1.82 bits per heavy atom. The summed E-state index contributed by atoms with van der Waals surface area (Å²) in [5.41, 5.74) is 7.23. The third kappa shape index (κ3) is 1.74. The van der Waals surface area contributed by atoms with Crippen LogP contribution < -0.4 is 5.73 Å². The van der Waals surface area contributed by atoms with Crippen LogP contribution in [-0.2, 0) is 5.54 Å². The van der Waals surface area contributed by atoms with E-state index in [1.54, 1.807) is 12.4 Å². The predicted octanol–water partition coefficient (Wildman–Crippen LogP) is 0.979. The minimum absolute atomic E-state index is 0.391. The molecular formula is C8H13N3. The molecule has 0 fully saturated rings. The van der Waals surface area contributed by atoms with Crippen molar-refractivity contribution in [2.24, 2.45) is 5.73 Å². The highest BCUT2D eigenvalue weighted by molar-refractivity contribution is 5.16. The summed E-state index contributed by atoms with van der Waals surface area (Å²) in [6, 6.07) is 0. The average molecular weight is 151 g/mol. The van der Waals surface area contributed by atoms with Gasteiger partial charge in [0.1, 0.15) is 0 Å². The summed E-state index contributed by atoms with van der Waals surface area (Å²) >= 11 is 0. The number of aromatic nitrogens is 2. The molecule has 1 aromatic rings. The molecule has 1 aromatic heterocycles. The standard InChI is InChI=1S/C8H13N3/c1-6-7(8(2,3)9)11-5-4-10-6/h4-5H,9H2,1-3H3. The molecule has 60 valence electrons. The quantitative estimate of drug-likeness (QED) is 0.651. The first-order valence-corrected chi connectivity index (χ1v) is 3.59. The normalized spacial score (nSPS) is 11.6. The molecule has 0 aromatic carbocycles. The summed E-state index contributed by atoms with van der Waals surface area (Å²) in [5.74, 6) is 0. The minimum atomic E-state index is -0.391. The van der Waals surface area contributed by atoms with E-state index in [1.165, 1.54) is 0 Å². The molecule has 3 heteroatoms. The van der Waals surface area contributed by atoms with Crippen molar-refractivity contribution in [2.45, 2.75) is 26.3 Å². The van der Waals surface area contributed by atoms with Crippen molar-refractivity contribution in [3.63, 3.8) is 0 Å². The summed E-state index contributed by atoms with van der Waals surface area (Å²) in [4.78, 5) is 8.27. The maximum Gasteiger partial charge on any atom is 0.0808 e. The molecule has 0 atom stereocenters. The summed E-state index contributed by atoms with van der Waals surface area (Å²) < 4.78 is 0. The number of aryl methyl sites for hydroxylation is 1. The molecule has 0 saturated heterocycles. The second-order valence-electron chi connectivity index (χ2n) is 3.21. The first kappa shape index (κ1) is 8.14. The molecule has 0 aliphatic carbocycles. The van der Waals surface area contributed by atoms with Crippen LogP contribution in [0.5, 0.6) is 0 Å². The summed E-state index contributed by atoms with van der Waals surface area (Å²) in [6.07, 6.45) is 3.33. The van der Waals surface area contributed by atoms with Gasteiger partial charge in [-0.15, -0.1) is 0 Å². The Hall–Kier alpha value is -0.960. The zero-order valence-corrected chi connectivity index (χ0v) is 7.13.